The molecule has 27 heavy (non-hydrogen) atoms. The summed E-state index contributed by atoms with van der Waals surface area (Å²) in [6.07, 6.45) is 3.78. The molecule has 2 aliphatic rings. The number of piperidine rings is 1. The van der Waals surface area contributed by atoms with Crippen LogP contribution in [0, 0.1) is 0 Å². The van der Waals surface area contributed by atoms with Crippen molar-refractivity contribution in [2.45, 2.75) is 18.4 Å². The Morgan fingerprint density at radius 1 is 1.15 bits per heavy atom. The zero-order chi connectivity index (χ0) is 18.9. The van der Waals surface area contributed by atoms with E-state index in [0.717, 1.165) is 41.0 Å². The number of hydrogen-bond acceptors (Lipinski definition) is 4. The third kappa shape index (κ3) is 3.55. The van der Waals surface area contributed by atoms with E-state index >= 15 is 0 Å². The van der Waals surface area contributed by atoms with Crippen LogP contribution in [-0.4, -0.2) is 48.3 Å². The lowest BCUT2D eigenvalue weighted by molar-refractivity contribution is -0.139. The molecule has 0 aliphatic carbocycles. The number of benzene rings is 2. The first kappa shape index (κ1) is 17.6. The maximum Gasteiger partial charge on any atom is 0.317 e. The van der Waals surface area contributed by atoms with Gasteiger partial charge in [0, 0.05) is 31.5 Å². The summed E-state index contributed by atoms with van der Waals surface area (Å²) in [6, 6.07) is 16.2. The molecule has 0 amide bonds. The van der Waals surface area contributed by atoms with Crippen molar-refractivity contribution in [2.75, 3.05) is 26.7 Å². The van der Waals surface area contributed by atoms with Crippen LogP contribution in [0.5, 0.6) is 11.5 Å². The molecule has 140 valence electrons. The molecule has 0 bridgehead atoms. The highest BCUT2D eigenvalue weighted by Gasteiger charge is 2.39. The first-order chi connectivity index (χ1) is 13.1. The second-order valence-corrected chi connectivity index (χ2v) is 7.12. The van der Waals surface area contributed by atoms with Gasteiger partial charge >= 0.3 is 5.97 Å². The molecule has 4 rings (SSSR count). The Hall–Kier alpha value is -2.79. The molecule has 2 aromatic carbocycles. The van der Waals surface area contributed by atoms with Crippen molar-refractivity contribution in [3.63, 3.8) is 0 Å². The van der Waals surface area contributed by atoms with E-state index in [1.54, 1.807) is 7.11 Å². The van der Waals surface area contributed by atoms with Gasteiger partial charge in [0.25, 0.3) is 0 Å². The van der Waals surface area contributed by atoms with Gasteiger partial charge in [0.05, 0.1) is 13.7 Å². The van der Waals surface area contributed by atoms with Crippen LogP contribution >= 0.6 is 0 Å². The fourth-order valence-electron chi connectivity index (χ4n) is 3.90. The Morgan fingerprint density at radius 2 is 1.85 bits per heavy atom. The number of carboxylic acids is 1. The van der Waals surface area contributed by atoms with Crippen LogP contribution in [0.25, 0.3) is 5.57 Å². The van der Waals surface area contributed by atoms with Crippen molar-refractivity contribution >= 4 is 11.5 Å². The molecule has 1 fully saturated rings. The molecular weight excluding hydrogens is 342 g/mol. The lowest BCUT2D eigenvalue weighted by atomic mass is 9.83. The van der Waals surface area contributed by atoms with Gasteiger partial charge in [-0.05, 0) is 35.4 Å². The second-order valence-electron chi connectivity index (χ2n) is 7.12. The van der Waals surface area contributed by atoms with E-state index in [9.17, 15) is 4.79 Å². The van der Waals surface area contributed by atoms with Crippen molar-refractivity contribution in [3.8, 4) is 11.5 Å². The number of fused-ring (bicyclic) bond motifs is 1. The number of methoxy groups -OCH3 is 1. The smallest absolute Gasteiger partial charge is 0.317 e. The van der Waals surface area contributed by atoms with Gasteiger partial charge in [0.2, 0.25) is 0 Å². The maximum atomic E-state index is 11.0. The van der Waals surface area contributed by atoms with Gasteiger partial charge in [-0.25, -0.2) is 0 Å². The standard InChI is InChI=1S/C22H23NO4/c1-26-17-8-6-16(7-9-17)19-14-22(27-20-5-3-2-4-18(19)20)10-12-23(13-11-22)15-21(24)25/h2-9,14H,10-13,15H2,1H3,(H,24,25). The molecule has 1 saturated heterocycles. The molecule has 5 heteroatoms. The molecule has 2 aromatic rings. The molecule has 0 unspecified atom stereocenters. The Balaban J connectivity index is 1.68. The summed E-state index contributed by atoms with van der Waals surface area (Å²) in [6.45, 7) is 1.50. The first-order valence-electron chi connectivity index (χ1n) is 9.18. The molecule has 0 radical (unpaired) electrons. The van der Waals surface area contributed by atoms with E-state index in [4.69, 9.17) is 14.6 Å². The van der Waals surface area contributed by atoms with Gasteiger partial charge in [-0.3, -0.25) is 9.69 Å². The number of ether oxygens (including phenoxy) is 2. The summed E-state index contributed by atoms with van der Waals surface area (Å²) in [5.74, 6) is 0.934. The molecule has 0 aromatic heterocycles. The number of aliphatic carboxylic acids is 1. The lowest BCUT2D eigenvalue weighted by Gasteiger charge is -2.42. The highest BCUT2D eigenvalue weighted by atomic mass is 16.5. The van der Waals surface area contributed by atoms with Crippen LogP contribution in [0.4, 0.5) is 0 Å². The minimum Gasteiger partial charge on any atom is -0.497 e. The van der Waals surface area contributed by atoms with Gasteiger partial charge in [-0.1, -0.05) is 30.3 Å². The topological polar surface area (TPSA) is 59.0 Å². The number of likely N-dealkylation sites (tertiary alicyclic amines) is 1. The van der Waals surface area contributed by atoms with Crippen LogP contribution < -0.4 is 9.47 Å². The van der Waals surface area contributed by atoms with Gasteiger partial charge < -0.3 is 14.6 Å². The maximum absolute atomic E-state index is 11.0. The summed E-state index contributed by atoms with van der Waals surface area (Å²) in [5.41, 5.74) is 2.98. The molecule has 5 nitrogen and oxygen atoms in total. The quantitative estimate of drug-likeness (QED) is 0.899. The fourth-order valence-corrected chi connectivity index (χ4v) is 3.90. The van der Waals surface area contributed by atoms with E-state index in [-0.39, 0.29) is 6.54 Å². The Kier molecular flexibility index (Phi) is 4.62. The number of rotatable bonds is 4. The lowest BCUT2D eigenvalue weighted by Crippen LogP contribution is -2.49. The summed E-state index contributed by atoms with van der Waals surface area (Å²) < 4.78 is 11.7. The third-order valence-corrected chi connectivity index (χ3v) is 5.36. The summed E-state index contributed by atoms with van der Waals surface area (Å²) >= 11 is 0. The van der Waals surface area contributed by atoms with E-state index in [1.165, 1.54) is 0 Å². The summed E-state index contributed by atoms with van der Waals surface area (Å²) in [5, 5.41) is 9.04. The number of carbonyl (C=O) groups is 1. The molecule has 1 N–H and O–H groups in total. The van der Waals surface area contributed by atoms with Crippen LogP contribution in [0.15, 0.2) is 54.6 Å². The highest BCUT2D eigenvalue weighted by Crippen LogP contribution is 2.43. The van der Waals surface area contributed by atoms with Crippen LogP contribution in [0.3, 0.4) is 0 Å². The Labute approximate surface area is 158 Å². The SMILES string of the molecule is COc1ccc(C2=CC3(CCN(CC(=O)O)CC3)Oc3ccccc32)cc1. The zero-order valence-corrected chi connectivity index (χ0v) is 15.4. The molecule has 0 atom stereocenters. The van der Waals surface area contributed by atoms with Crippen molar-refractivity contribution in [3.05, 3.63) is 65.7 Å². The van der Waals surface area contributed by atoms with Crippen molar-refractivity contribution < 1.29 is 19.4 Å². The Morgan fingerprint density at radius 3 is 2.52 bits per heavy atom. The molecule has 2 heterocycles. The monoisotopic (exact) mass is 365 g/mol. The minimum atomic E-state index is -0.782. The van der Waals surface area contributed by atoms with E-state index in [2.05, 4.69) is 24.3 Å². The average molecular weight is 365 g/mol. The third-order valence-electron chi connectivity index (χ3n) is 5.36. The van der Waals surface area contributed by atoms with Gasteiger partial charge in [-0.15, -0.1) is 0 Å². The fraction of sp³-hybridized carbons (Fsp3) is 0.318. The molecule has 0 saturated carbocycles. The van der Waals surface area contributed by atoms with Crippen LogP contribution in [0.1, 0.15) is 24.0 Å². The minimum absolute atomic E-state index is 0.0850. The molecule has 2 aliphatic heterocycles. The van der Waals surface area contributed by atoms with Crippen molar-refractivity contribution in [1.29, 1.82) is 0 Å². The zero-order valence-electron chi connectivity index (χ0n) is 15.4. The molecular formula is C22H23NO4. The number of nitrogens with zero attached hydrogens (tertiary/aromatic N) is 1. The van der Waals surface area contributed by atoms with E-state index < -0.39 is 11.6 Å². The number of hydrogen-bond donors (Lipinski definition) is 1. The van der Waals surface area contributed by atoms with Crippen LogP contribution in [0.2, 0.25) is 0 Å². The van der Waals surface area contributed by atoms with Gasteiger partial charge in [0.15, 0.2) is 0 Å². The largest absolute Gasteiger partial charge is 0.497 e. The van der Waals surface area contributed by atoms with E-state index in [1.807, 2.05) is 35.2 Å². The van der Waals surface area contributed by atoms with Crippen molar-refractivity contribution in [2.24, 2.45) is 0 Å². The van der Waals surface area contributed by atoms with Gasteiger partial charge in [-0.2, -0.15) is 0 Å². The van der Waals surface area contributed by atoms with E-state index in [0.29, 0.717) is 13.1 Å². The first-order valence-corrected chi connectivity index (χ1v) is 9.18. The summed E-state index contributed by atoms with van der Waals surface area (Å²) in [4.78, 5) is 13.0. The normalized spacial score (nSPS) is 18.3. The number of para-hydroxylation sites is 1. The number of carboxylic acid groups (broad SMARTS) is 1. The summed E-state index contributed by atoms with van der Waals surface area (Å²) in [7, 11) is 1.66. The predicted octanol–water partition coefficient (Wildman–Crippen LogP) is 3.44. The van der Waals surface area contributed by atoms with Gasteiger partial charge in [0.1, 0.15) is 17.1 Å². The highest BCUT2D eigenvalue weighted by molar-refractivity contribution is 5.85. The van der Waals surface area contributed by atoms with Crippen LogP contribution in [-0.2, 0) is 4.79 Å². The molecule has 1 spiro atoms. The second kappa shape index (κ2) is 7.08. The van der Waals surface area contributed by atoms with Crippen molar-refractivity contribution in [1.82, 2.24) is 4.90 Å². The predicted molar refractivity (Wildman–Crippen MR) is 103 cm³/mol. The average Bonchev–Trinajstić information content (AvgIpc) is 2.69. The Bertz CT molecular complexity index is 864.